The Labute approximate surface area is 40.3 Å². The van der Waals surface area contributed by atoms with Crippen molar-refractivity contribution in [2.24, 2.45) is 5.16 Å². The molecule has 0 atom stereocenters. The minimum absolute atomic E-state index is 0.208. The van der Waals surface area contributed by atoms with Crippen molar-refractivity contribution in [1.82, 2.24) is 0 Å². The first-order valence-corrected chi connectivity index (χ1v) is 1.85. The fourth-order valence-corrected chi connectivity index (χ4v) is 0.338. The average Bonchev–Trinajstić information content (AvgIpc) is 2.14. The van der Waals surface area contributed by atoms with Crippen LogP contribution in [0.2, 0.25) is 0 Å². The number of nitrogens with zero attached hydrogens (tertiary/aromatic N) is 1. The molecule has 1 aliphatic rings. The van der Waals surface area contributed by atoms with Crippen LogP contribution in [0.3, 0.4) is 0 Å². The van der Waals surface area contributed by atoms with Gasteiger partial charge < -0.3 is 14.7 Å². The van der Waals surface area contributed by atoms with E-state index in [1.807, 2.05) is 0 Å². The van der Waals surface area contributed by atoms with E-state index >= 15 is 0 Å². The summed E-state index contributed by atoms with van der Waals surface area (Å²) in [6, 6.07) is 0. The Morgan fingerprint density at radius 2 is 2.57 bits per heavy atom. The first-order chi connectivity index (χ1) is 3.43. The SMILES string of the molecule is ON=C1COCO1. The van der Waals surface area contributed by atoms with Crippen molar-refractivity contribution in [3.05, 3.63) is 0 Å². The topological polar surface area (TPSA) is 51.1 Å². The zero-order valence-electron chi connectivity index (χ0n) is 3.63. The molecule has 4 heteroatoms. The van der Waals surface area contributed by atoms with Gasteiger partial charge in [0, 0.05) is 0 Å². The number of ether oxygens (including phenoxy) is 2. The Bertz CT molecular complexity index is 82.2. The van der Waals surface area contributed by atoms with Gasteiger partial charge in [0.1, 0.15) is 6.61 Å². The minimum Gasteiger partial charge on any atom is -0.450 e. The predicted molar refractivity (Wildman–Crippen MR) is 21.1 cm³/mol. The van der Waals surface area contributed by atoms with Gasteiger partial charge >= 0.3 is 0 Å². The molecule has 0 saturated carbocycles. The molecule has 4 nitrogen and oxygen atoms in total. The molecule has 1 fully saturated rings. The first kappa shape index (κ1) is 4.39. The Hall–Kier alpha value is -0.770. The molecular weight excluding hydrogens is 98.0 g/mol. The van der Waals surface area contributed by atoms with Gasteiger partial charge in [0.05, 0.1) is 0 Å². The van der Waals surface area contributed by atoms with E-state index in [1.54, 1.807) is 0 Å². The predicted octanol–water partition coefficient (Wildman–Crippen LogP) is -0.222. The molecule has 0 amide bonds. The Morgan fingerprint density at radius 1 is 1.71 bits per heavy atom. The molecule has 0 aromatic carbocycles. The molecule has 40 valence electrons. The second kappa shape index (κ2) is 1.79. The van der Waals surface area contributed by atoms with Crippen molar-refractivity contribution >= 4 is 5.90 Å². The molecule has 0 aromatic rings. The van der Waals surface area contributed by atoms with Crippen LogP contribution in [0, 0.1) is 0 Å². The maximum atomic E-state index is 7.95. The molecule has 1 heterocycles. The van der Waals surface area contributed by atoms with Crippen molar-refractivity contribution in [2.45, 2.75) is 0 Å². The number of hydrogen-bond donors (Lipinski definition) is 1. The molecule has 1 saturated heterocycles. The van der Waals surface area contributed by atoms with Gasteiger partial charge in [-0.2, -0.15) is 0 Å². The highest BCUT2D eigenvalue weighted by molar-refractivity contribution is 5.77. The minimum atomic E-state index is 0.208. The lowest BCUT2D eigenvalue weighted by Crippen LogP contribution is -1.96. The smallest absolute Gasteiger partial charge is 0.254 e. The summed E-state index contributed by atoms with van der Waals surface area (Å²) in [5.74, 6) is 0.250. The van der Waals surface area contributed by atoms with Gasteiger partial charge in [-0.15, -0.1) is 0 Å². The Balaban J connectivity index is 2.41. The molecule has 0 aliphatic carbocycles. The van der Waals surface area contributed by atoms with Crippen LogP contribution < -0.4 is 0 Å². The second-order valence-corrected chi connectivity index (χ2v) is 1.10. The van der Waals surface area contributed by atoms with Crippen molar-refractivity contribution in [1.29, 1.82) is 0 Å². The summed E-state index contributed by atoms with van der Waals surface area (Å²) in [5.41, 5.74) is 0. The summed E-state index contributed by atoms with van der Waals surface area (Å²) < 4.78 is 9.21. The molecular formula is C3H5NO3. The van der Waals surface area contributed by atoms with Crippen molar-refractivity contribution in [2.75, 3.05) is 13.4 Å². The van der Waals surface area contributed by atoms with Gasteiger partial charge in [-0.25, -0.2) is 0 Å². The zero-order chi connectivity index (χ0) is 5.11. The molecule has 0 bridgehead atoms. The van der Waals surface area contributed by atoms with Crippen molar-refractivity contribution in [3.8, 4) is 0 Å². The van der Waals surface area contributed by atoms with E-state index in [0.29, 0.717) is 0 Å². The summed E-state index contributed by atoms with van der Waals surface area (Å²) in [5, 5.41) is 10.7. The summed E-state index contributed by atoms with van der Waals surface area (Å²) >= 11 is 0. The standard InChI is InChI=1S/C3H5NO3/c5-4-3-1-6-2-7-3/h5H,1-2H2. The summed E-state index contributed by atoms with van der Waals surface area (Å²) in [4.78, 5) is 0. The summed E-state index contributed by atoms with van der Waals surface area (Å²) in [6.45, 7) is 0.496. The van der Waals surface area contributed by atoms with E-state index in [1.165, 1.54) is 0 Å². The molecule has 7 heavy (non-hydrogen) atoms. The third-order valence-corrected chi connectivity index (χ3v) is 0.646. The van der Waals surface area contributed by atoms with Crippen LogP contribution in [0.5, 0.6) is 0 Å². The monoisotopic (exact) mass is 103 g/mol. The van der Waals surface area contributed by atoms with Gasteiger partial charge in [0.2, 0.25) is 0 Å². The maximum absolute atomic E-state index is 7.95. The average molecular weight is 103 g/mol. The van der Waals surface area contributed by atoms with E-state index in [4.69, 9.17) is 5.21 Å². The van der Waals surface area contributed by atoms with Crippen LogP contribution >= 0.6 is 0 Å². The molecule has 0 aromatic heterocycles. The van der Waals surface area contributed by atoms with Crippen LogP contribution in [0.25, 0.3) is 0 Å². The fourth-order valence-electron chi connectivity index (χ4n) is 0.338. The molecule has 0 unspecified atom stereocenters. The zero-order valence-corrected chi connectivity index (χ0v) is 3.63. The third kappa shape index (κ3) is 0.806. The van der Waals surface area contributed by atoms with E-state index in [-0.39, 0.29) is 19.3 Å². The molecule has 0 spiro atoms. The van der Waals surface area contributed by atoms with Gasteiger partial charge in [-0.05, 0) is 0 Å². The van der Waals surface area contributed by atoms with E-state index < -0.39 is 0 Å². The lowest BCUT2D eigenvalue weighted by atomic mass is 10.7. The summed E-state index contributed by atoms with van der Waals surface area (Å²) in [6.07, 6.45) is 0. The van der Waals surface area contributed by atoms with Crippen LogP contribution in [0.4, 0.5) is 0 Å². The van der Waals surface area contributed by atoms with E-state index in [9.17, 15) is 0 Å². The second-order valence-electron chi connectivity index (χ2n) is 1.10. The van der Waals surface area contributed by atoms with Gasteiger partial charge in [0.15, 0.2) is 6.79 Å². The third-order valence-electron chi connectivity index (χ3n) is 0.646. The largest absolute Gasteiger partial charge is 0.450 e. The number of oxime groups is 1. The van der Waals surface area contributed by atoms with Crippen LogP contribution in [-0.4, -0.2) is 24.5 Å². The lowest BCUT2D eigenvalue weighted by Gasteiger charge is -1.84. The maximum Gasteiger partial charge on any atom is 0.254 e. The molecule has 1 aliphatic heterocycles. The molecule has 0 radical (unpaired) electrons. The fraction of sp³-hybridized carbons (Fsp3) is 0.667. The first-order valence-electron chi connectivity index (χ1n) is 1.85. The van der Waals surface area contributed by atoms with Crippen LogP contribution in [0.1, 0.15) is 0 Å². The van der Waals surface area contributed by atoms with Crippen molar-refractivity contribution in [3.63, 3.8) is 0 Å². The lowest BCUT2D eigenvalue weighted by molar-refractivity contribution is 0.0880. The Morgan fingerprint density at radius 3 is 2.86 bits per heavy atom. The van der Waals surface area contributed by atoms with Crippen LogP contribution in [-0.2, 0) is 9.47 Å². The van der Waals surface area contributed by atoms with E-state index in [2.05, 4.69) is 14.6 Å². The Kier molecular flexibility index (Phi) is 1.12. The molecule has 1 rings (SSSR count). The quantitative estimate of drug-likeness (QED) is 0.340. The number of rotatable bonds is 0. The van der Waals surface area contributed by atoms with Gasteiger partial charge in [-0.1, -0.05) is 5.16 Å². The van der Waals surface area contributed by atoms with E-state index in [0.717, 1.165) is 0 Å². The number of hydrogen-bond acceptors (Lipinski definition) is 4. The van der Waals surface area contributed by atoms with Crippen LogP contribution in [0.15, 0.2) is 5.16 Å². The van der Waals surface area contributed by atoms with Crippen molar-refractivity contribution < 1.29 is 14.7 Å². The van der Waals surface area contributed by atoms with Gasteiger partial charge in [-0.3, -0.25) is 0 Å². The highest BCUT2D eigenvalue weighted by Crippen LogP contribution is 1.92. The molecule has 1 N–H and O–H groups in total. The highest BCUT2D eigenvalue weighted by atomic mass is 16.7. The van der Waals surface area contributed by atoms with Gasteiger partial charge in [0.25, 0.3) is 5.90 Å². The summed E-state index contributed by atoms with van der Waals surface area (Å²) in [7, 11) is 0. The normalized spacial score (nSPS) is 25.4. The highest BCUT2D eigenvalue weighted by Gasteiger charge is 2.07.